The number of nitrogens with zero attached hydrogens (tertiary/aromatic N) is 1. The van der Waals surface area contributed by atoms with Crippen molar-refractivity contribution in [3.05, 3.63) is 44.8 Å². The molecule has 0 saturated heterocycles. The zero-order chi connectivity index (χ0) is 12.2. The molecule has 0 spiro atoms. The number of hydrogen-bond donors (Lipinski definition) is 2. The van der Waals surface area contributed by atoms with Gasteiger partial charge < -0.3 is 5.11 Å². The van der Waals surface area contributed by atoms with Crippen LogP contribution in [0, 0.1) is 18.3 Å². The van der Waals surface area contributed by atoms with E-state index in [-0.39, 0.29) is 35.2 Å². The van der Waals surface area contributed by atoms with Crippen molar-refractivity contribution in [3.63, 3.8) is 0 Å². The van der Waals surface area contributed by atoms with Gasteiger partial charge in [-0.25, -0.2) is 4.79 Å². The molecule has 1 saturated carbocycles. The van der Waals surface area contributed by atoms with Crippen LogP contribution in [-0.4, -0.2) is 21.3 Å². The maximum Gasteiger partial charge on any atom is 0.328 e. The molecule has 5 heteroatoms. The quantitative estimate of drug-likeness (QED) is 0.705. The molecule has 1 aromatic rings. The standard InChI is InChI=1S/C12H14N2O3/c1-7-5-14(11(17)13-10(7)16)9-2-3-12(6-15)4-8(9)12/h2-3,5,8-9,15H,4,6H2,1H3,(H,13,16,17)/t8-,9+,12-/m1/s1. The molecule has 90 valence electrons. The largest absolute Gasteiger partial charge is 0.395 e. The van der Waals surface area contributed by atoms with Gasteiger partial charge in [0.1, 0.15) is 0 Å². The summed E-state index contributed by atoms with van der Waals surface area (Å²) >= 11 is 0. The van der Waals surface area contributed by atoms with E-state index in [4.69, 9.17) is 0 Å². The highest BCUT2D eigenvalue weighted by Gasteiger charge is 2.58. The minimum Gasteiger partial charge on any atom is -0.395 e. The van der Waals surface area contributed by atoms with Crippen LogP contribution in [0.3, 0.4) is 0 Å². The van der Waals surface area contributed by atoms with Gasteiger partial charge in [0.15, 0.2) is 0 Å². The number of aryl methyl sites for hydroxylation is 1. The Morgan fingerprint density at radius 1 is 1.59 bits per heavy atom. The number of aliphatic hydroxyl groups excluding tert-OH is 1. The molecule has 5 nitrogen and oxygen atoms in total. The second-order valence-corrected chi connectivity index (χ2v) is 5.03. The van der Waals surface area contributed by atoms with Crippen LogP contribution in [0.2, 0.25) is 0 Å². The van der Waals surface area contributed by atoms with Crippen molar-refractivity contribution in [2.24, 2.45) is 11.3 Å². The molecule has 0 amide bonds. The lowest BCUT2D eigenvalue weighted by molar-refractivity contribution is 0.230. The number of rotatable bonds is 2. The molecule has 0 unspecified atom stereocenters. The fourth-order valence-corrected chi connectivity index (χ4v) is 2.76. The lowest BCUT2D eigenvalue weighted by atomic mass is 10.1. The van der Waals surface area contributed by atoms with Crippen LogP contribution in [-0.2, 0) is 0 Å². The first-order valence-electron chi connectivity index (χ1n) is 5.70. The van der Waals surface area contributed by atoms with E-state index in [0.29, 0.717) is 5.56 Å². The SMILES string of the molecule is Cc1cn([C@H]2C=C[C@]3(CO)C[C@H]23)c(=O)[nH]c1=O. The molecule has 1 aromatic heterocycles. The van der Waals surface area contributed by atoms with Gasteiger partial charge in [-0.3, -0.25) is 14.3 Å². The van der Waals surface area contributed by atoms with E-state index < -0.39 is 0 Å². The molecule has 2 aliphatic rings. The highest BCUT2D eigenvalue weighted by molar-refractivity contribution is 5.28. The highest BCUT2D eigenvalue weighted by Crippen LogP contribution is 2.63. The summed E-state index contributed by atoms with van der Waals surface area (Å²) in [7, 11) is 0. The zero-order valence-corrected chi connectivity index (χ0v) is 9.51. The maximum atomic E-state index is 11.7. The van der Waals surface area contributed by atoms with Crippen molar-refractivity contribution in [1.29, 1.82) is 0 Å². The van der Waals surface area contributed by atoms with Crippen LogP contribution in [0.25, 0.3) is 0 Å². The van der Waals surface area contributed by atoms with E-state index >= 15 is 0 Å². The Kier molecular flexibility index (Phi) is 1.98. The molecule has 0 aliphatic heterocycles. The molecular formula is C12H14N2O3. The van der Waals surface area contributed by atoms with Crippen LogP contribution in [0.1, 0.15) is 18.0 Å². The van der Waals surface area contributed by atoms with Crippen molar-refractivity contribution in [3.8, 4) is 0 Å². The molecule has 3 atom stereocenters. The topological polar surface area (TPSA) is 75.1 Å². The Morgan fingerprint density at radius 2 is 2.35 bits per heavy atom. The maximum absolute atomic E-state index is 11.7. The number of aromatic amines is 1. The number of nitrogens with one attached hydrogen (secondary N) is 1. The number of aromatic nitrogens is 2. The van der Waals surface area contributed by atoms with Crippen molar-refractivity contribution in [1.82, 2.24) is 9.55 Å². The monoisotopic (exact) mass is 234 g/mol. The second-order valence-electron chi connectivity index (χ2n) is 5.03. The van der Waals surface area contributed by atoms with Gasteiger partial charge in [0, 0.05) is 17.2 Å². The minimum atomic E-state index is -0.379. The van der Waals surface area contributed by atoms with Gasteiger partial charge in [0.05, 0.1) is 12.6 Å². The molecule has 17 heavy (non-hydrogen) atoms. The molecule has 0 bridgehead atoms. The third kappa shape index (κ3) is 1.35. The third-order valence-electron chi connectivity index (χ3n) is 3.98. The number of fused-ring (bicyclic) bond motifs is 1. The second kappa shape index (κ2) is 3.20. The first-order chi connectivity index (χ1) is 8.07. The Morgan fingerprint density at radius 3 is 2.94 bits per heavy atom. The normalized spacial score (nSPS) is 33.8. The smallest absolute Gasteiger partial charge is 0.328 e. The summed E-state index contributed by atoms with van der Waals surface area (Å²) in [6, 6.07) is -0.0369. The number of hydrogen-bond acceptors (Lipinski definition) is 3. The minimum absolute atomic E-state index is 0.0369. The van der Waals surface area contributed by atoms with Gasteiger partial charge in [-0.1, -0.05) is 12.2 Å². The number of allylic oxidation sites excluding steroid dienone is 1. The molecule has 0 radical (unpaired) electrons. The Bertz CT molecular complexity index is 613. The van der Waals surface area contributed by atoms with Crippen LogP contribution < -0.4 is 11.2 Å². The lowest BCUT2D eigenvalue weighted by Crippen LogP contribution is -2.33. The van der Waals surface area contributed by atoms with Crippen LogP contribution >= 0.6 is 0 Å². The zero-order valence-electron chi connectivity index (χ0n) is 9.51. The van der Waals surface area contributed by atoms with E-state index in [0.717, 1.165) is 6.42 Å². The van der Waals surface area contributed by atoms with E-state index in [1.807, 2.05) is 12.2 Å². The van der Waals surface area contributed by atoms with Gasteiger partial charge in [0.2, 0.25) is 0 Å². The summed E-state index contributed by atoms with van der Waals surface area (Å²) in [5.74, 6) is 0.288. The van der Waals surface area contributed by atoms with Crippen LogP contribution in [0.15, 0.2) is 27.9 Å². The van der Waals surface area contributed by atoms with E-state index in [1.165, 1.54) is 0 Å². The van der Waals surface area contributed by atoms with Crippen LogP contribution in [0.4, 0.5) is 0 Å². The predicted molar refractivity (Wildman–Crippen MR) is 61.9 cm³/mol. The van der Waals surface area contributed by atoms with Crippen molar-refractivity contribution in [2.75, 3.05) is 6.61 Å². The lowest BCUT2D eigenvalue weighted by Gasteiger charge is -2.13. The average Bonchev–Trinajstić information content (AvgIpc) is 2.92. The van der Waals surface area contributed by atoms with Gasteiger partial charge >= 0.3 is 5.69 Å². The number of H-pyrrole nitrogens is 1. The summed E-state index contributed by atoms with van der Waals surface area (Å²) in [6.45, 7) is 1.81. The fraction of sp³-hybridized carbons (Fsp3) is 0.500. The summed E-state index contributed by atoms with van der Waals surface area (Å²) in [6.07, 6.45) is 6.45. The highest BCUT2D eigenvalue weighted by atomic mass is 16.3. The first-order valence-corrected chi connectivity index (χ1v) is 5.70. The first kappa shape index (κ1) is 10.5. The molecule has 3 rings (SSSR count). The fourth-order valence-electron chi connectivity index (χ4n) is 2.76. The molecule has 2 N–H and O–H groups in total. The predicted octanol–water partition coefficient (Wildman–Crippen LogP) is -0.0455. The van der Waals surface area contributed by atoms with Crippen molar-refractivity contribution < 1.29 is 5.11 Å². The van der Waals surface area contributed by atoms with Gasteiger partial charge in [-0.15, -0.1) is 0 Å². The van der Waals surface area contributed by atoms with Gasteiger partial charge in [0.25, 0.3) is 5.56 Å². The number of aliphatic hydroxyl groups is 1. The van der Waals surface area contributed by atoms with Crippen LogP contribution in [0.5, 0.6) is 0 Å². The van der Waals surface area contributed by atoms with E-state index in [9.17, 15) is 14.7 Å². The average molecular weight is 234 g/mol. The van der Waals surface area contributed by atoms with Crippen molar-refractivity contribution >= 4 is 0 Å². The summed E-state index contributed by atoms with van der Waals surface area (Å²) in [5.41, 5.74) is -0.304. The Labute approximate surface area is 97.4 Å². The van der Waals surface area contributed by atoms with Gasteiger partial charge in [-0.2, -0.15) is 0 Å². The third-order valence-corrected chi connectivity index (χ3v) is 3.98. The summed E-state index contributed by atoms with van der Waals surface area (Å²) < 4.78 is 1.56. The Balaban J connectivity index is 2.03. The molecule has 0 aromatic carbocycles. The molecule has 1 fully saturated rings. The van der Waals surface area contributed by atoms with Gasteiger partial charge in [-0.05, 0) is 19.3 Å². The molecule has 2 aliphatic carbocycles. The Hall–Kier alpha value is -1.62. The molecule has 1 heterocycles. The van der Waals surface area contributed by atoms with E-state index in [2.05, 4.69) is 4.98 Å². The van der Waals surface area contributed by atoms with E-state index in [1.54, 1.807) is 17.7 Å². The summed E-state index contributed by atoms with van der Waals surface area (Å²) in [4.78, 5) is 25.3. The van der Waals surface area contributed by atoms with Crippen molar-refractivity contribution in [2.45, 2.75) is 19.4 Å². The molecular weight excluding hydrogens is 220 g/mol. The summed E-state index contributed by atoms with van der Waals surface area (Å²) in [5, 5.41) is 9.30.